The summed E-state index contributed by atoms with van der Waals surface area (Å²) in [5.74, 6) is 0.0700. The Morgan fingerprint density at radius 3 is 2.48 bits per heavy atom. The van der Waals surface area contributed by atoms with E-state index < -0.39 is 30.3 Å². The number of hydrogen-bond acceptors (Lipinski definition) is 3. The molecule has 2 unspecified atom stereocenters. The molecule has 1 fully saturated rings. The van der Waals surface area contributed by atoms with Crippen LogP contribution in [0.1, 0.15) is 34.1 Å². The van der Waals surface area contributed by atoms with Gasteiger partial charge in [-0.1, -0.05) is 27.7 Å². The van der Waals surface area contributed by atoms with Crippen LogP contribution in [-0.4, -0.2) is 60.5 Å². The number of nitrogens with one attached hydrogen (secondary N) is 2. The quantitative estimate of drug-likeness (QED) is 0.693. The molecule has 0 aliphatic carbocycles. The molecule has 0 bridgehead atoms. The van der Waals surface area contributed by atoms with Gasteiger partial charge in [0, 0.05) is 31.1 Å². The van der Waals surface area contributed by atoms with Gasteiger partial charge < -0.3 is 15.7 Å². The molecule has 1 rings (SSSR count). The van der Waals surface area contributed by atoms with Crippen LogP contribution in [0, 0.1) is 11.3 Å². The standard InChI is InChI=1S/C15H28F3N3O2/c1-10(2)12(22)14(3,4)8-19-13(23)20-11-5-6-21(7-11)9-15(16,17)18/h10-12,22H,5-9H2,1-4H3,(H2,19,20,23). The number of halogens is 3. The summed E-state index contributed by atoms with van der Waals surface area (Å²) >= 11 is 0. The fourth-order valence-corrected chi connectivity index (χ4v) is 2.90. The van der Waals surface area contributed by atoms with E-state index in [0.717, 1.165) is 0 Å². The lowest BCUT2D eigenvalue weighted by molar-refractivity contribution is -0.143. The Morgan fingerprint density at radius 2 is 1.96 bits per heavy atom. The molecule has 3 N–H and O–H groups in total. The lowest BCUT2D eigenvalue weighted by Gasteiger charge is -2.33. The van der Waals surface area contributed by atoms with Crippen LogP contribution in [0.3, 0.4) is 0 Å². The van der Waals surface area contributed by atoms with Gasteiger partial charge in [-0.25, -0.2) is 4.79 Å². The highest BCUT2D eigenvalue weighted by Gasteiger charge is 2.35. The number of amides is 2. The summed E-state index contributed by atoms with van der Waals surface area (Å²) in [7, 11) is 0. The van der Waals surface area contributed by atoms with Crippen LogP contribution in [0.15, 0.2) is 0 Å². The highest BCUT2D eigenvalue weighted by Crippen LogP contribution is 2.25. The Hall–Kier alpha value is -1.02. The molecule has 5 nitrogen and oxygen atoms in total. The Bertz CT molecular complexity index is 400. The second kappa shape index (κ2) is 7.70. The number of rotatable bonds is 6. The van der Waals surface area contributed by atoms with Crippen molar-refractivity contribution in [2.75, 3.05) is 26.2 Å². The molecule has 8 heteroatoms. The Labute approximate surface area is 135 Å². The van der Waals surface area contributed by atoms with E-state index >= 15 is 0 Å². The van der Waals surface area contributed by atoms with E-state index in [0.29, 0.717) is 13.0 Å². The maximum Gasteiger partial charge on any atom is 0.401 e. The van der Waals surface area contributed by atoms with Crippen molar-refractivity contribution in [3.63, 3.8) is 0 Å². The molecule has 0 saturated carbocycles. The largest absolute Gasteiger partial charge is 0.401 e. The van der Waals surface area contributed by atoms with Crippen LogP contribution in [0.25, 0.3) is 0 Å². The molecule has 1 aliphatic rings. The molecule has 23 heavy (non-hydrogen) atoms. The summed E-state index contributed by atoms with van der Waals surface area (Å²) in [6, 6.07) is -0.691. The molecule has 1 heterocycles. The van der Waals surface area contributed by atoms with E-state index in [1.54, 1.807) is 0 Å². The first-order chi connectivity index (χ1) is 10.4. The molecule has 2 atom stereocenters. The number of nitrogens with zero attached hydrogens (tertiary/aromatic N) is 1. The summed E-state index contributed by atoms with van der Waals surface area (Å²) in [5.41, 5.74) is -0.483. The van der Waals surface area contributed by atoms with Crippen molar-refractivity contribution in [1.82, 2.24) is 15.5 Å². The molecule has 0 aromatic rings. The zero-order valence-electron chi connectivity index (χ0n) is 14.2. The lowest BCUT2D eigenvalue weighted by Crippen LogP contribution is -2.49. The van der Waals surface area contributed by atoms with Crippen molar-refractivity contribution in [2.45, 2.75) is 52.4 Å². The minimum Gasteiger partial charge on any atom is -0.392 e. The monoisotopic (exact) mass is 339 g/mol. The molecular formula is C15H28F3N3O2. The summed E-state index contributed by atoms with van der Waals surface area (Å²) in [4.78, 5) is 13.2. The van der Waals surface area contributed by atoms with Gasteiger partial charge in [0.15, 0.2) is 0 Å². The van der Waals surface area contributed by atoms with E-state index in [2.05, 4.69) is 10.6 Å². The molecule has 0 aromatic heterocycles. The number of aliphatic hydroxyl groups excluding tert-OH is 1. The van der Waals surface area contributed by atoms with E-state index in [9.17, 15) is 23.1 Å². The van der Waals surface area contributed by atoms with E-state index in [-0.39, 0.29) is 25.0 Å². The van der Waals surface area contributed by atoms with Crippen LogP contribution in [0.2, 0.25) is 0 Å². The lowest BCUT2D eigenvalue weighted by atomic mass is 9.81. The maximum absolute atomic E-state index is 12.3. The second-order valence-corrected chi connectivity index (χ2v) is 7.34. The predicted molar refractivity (Wildman–Crippen MR) is 82.1 cm³/mol. The first-order valence-corrected chi connectivity index (χ1v) is 7.92. The number of urea groups is 1. The minimum absolute atomic E-state index is 0.0700. The molecule has 136 valence electrons. The first-order valence-electron chi connectivity index (χ1n) is 7.92. The molecule has 0 radical (unpaired) electrons. The van der Waals surface area contributed by atoms with Crippen LogP contribution in [0.5, 0.6) is 0 Å². The Morgan fingerprint density at radius 1 is 1.35 bits per heavy atom. The van der Waals surface area contributed by atoms with Crippen LogP contribution >= 0.6 is 0 Å². The van der Waals surface area contributed by atoms with Crippen molar-refractivity contribution >= 4 is 6.03 Å². The number of alkyl halides is 3. The molecule has 2 amide bonds. The van der Waals surface area contributed by atoms with Crippen molar-refractivity contribution in [3.05, 3.63) is 0 Å². The van der Waals surface area contributed by atoms with Gasteiger partial charge in [0.2, 0.25) is 0 Å². The fourth-order valence-electron chi connectivity index (χ4n) is 2.90. The number of carbonyl (C=O) groups is 1. The third-order valence-corrected chi connectivity index (χ3v) is 4.15. The van der Waals surface area contributed by atoms with Gasteiger partial charge in [-0.3, -0.25) is 4.90 Å². The highest BCUT2D eigenvalue weighted by atomic mass is 19.4. The summed E-state index contributed by atoms with van der Waals surface area (Å²) in [6.07, 6.45) is -4.27. The second-order valence-electron chi connectivity index (χ2n) is 7.34. The van der Waals surface area contributed by atoms with Gasteiger partial charge in [-0.2, -0.15) is 13.2 Å². The van der Waals surface area contributed by atoms with E-state index in [1.165, 1.54) is 4.90 Å². The zero-order valence-corrected chi connectivity index (χ0v) is 14.2. The van der Waals surface area contributed by atoms with Gasteiger partial charge in [-0.15, -0.1) is 0 Å². The normalized spacial score (nSPS) is 21.5. The minimum atomic E-state index is -4.21. The van der Waals surface area contributed by atoms with E-state index in [1.807, 2.05) is 27.7 Å². The molecule has 0 aromatic carbocycles. The van der Waals surface area contributed by atoms with Gasteiger partial charge in [-0.05, 0) is 12.3 Å². The Kier molecular flexibility index (Phi) is 6.70. The van der Waals surface area contributed by atoms with Crippen LogP contribution in [0.4, 0.5) is 18.0 Å². The smallest absolute Gasteiger partial charge is 0.392 e. The number of likely N-dealkylation sites (tertiary alicyclic amines) is 1. The van der Waals surface area contributed by atoms with Gasteiger partial charge >= 0.3 is 12.2 Å². The molecule has 0 spiro atoms. The third kappa shape index (κ3) is 6.95. The molecule has 1 saturated heterocycles. The van der Waals surface area contributed by atoms with Gasteiger partial charge in [0.25, 0.3) is 0 Å². The number of carbonyl (C=O) groups excluding carboxylic acids is 1. The number of hydrogen-bond donors (Lipinski definition) is 3. The SMILES string of the molecule is CC(C)C(O)C(C)(C)CNC(=O)NC1CCN(CC(F)(F)F)C1. The highest BCUT2D eigenvalue weighted by molar-refractivity contribution is 5.74. The topological polar surface area (TPSA) is 64.6 Å². The van der Waals surface area contributed by atoms with Crippen LogP contribution < -0.4 is 10.6 Å². The van der Waals surface area contributed by atoms with Crippen LogP contribution in [-0.2, 0) is 0 Å². The third-order valence-electron chi connectivity index (χ3n) is 4.15. The summed E-state index contributed by atoms with van der Waals surface area (Å²) in [5, 5.41) is 15.5. The maximum atomic E-state index is 12.3. The van der Waals surface area contributed by atoms with Crippen molar-refractivity contribution in [1.29, 1.82) is 0 Å². The van der Waals surface area contributed by atoms with E-state index in [4.69, 9.17) is 0 Å². The van der Waals surface area contributed by atoms with Crippen molar-refractivity contribution < 1.29 is 23.1 Å². The fraction of sp³-hybridized carbons (Fsp3) is 0.933. The zero-order chi connectivity index (χ0) is 17.8. The summed E-state index contributed by atoms with van der Waals surface area (Å²) < 4.78 is 37.0. The summed E-state index contributed by atoms with van der Waals surface area (Å²) in [6.45, 7) is 7.39. The number of aliphatic hydroxyl groups is 1. The van der Waals surface area contributed by atoms with Crippen molar-refractivity contribution in [3.8, 4) is 0 Å². The molecule has 1 aliphatic heterocycles. The van der Waals surface area contributed by atoms with Gasteiger partial charge in [0.1, 0.15) is 0 Å². The predicted octanol–water partition coefficient (Wildman–Crippen LogP) is 1.97. The average molecular weight is 339 g/mol. The first kappa shape index (κ1) is 20.0. The van der Waals surface area contributed by atoms with Crippen molar-refractivity contribution in [2.24, 2.45) is 11.3 Å². The average Bonchev–Trinajstić information content (AvgIpc) is 2.80. The molecular weight excluding hydrogens is 311 g/mol. The van der Waals surface area contributed by atoms with Gasteiger partial charge in [0.05, 0.1) is 12.6 Å². The Balaban J connectivity index is 2.35.